The topological polar surface area (TPSA) is 50.8 Å². The monoisotopic (exact) mass is 416 g/mol. The molecule has 7 heteroatoms. The summed E-state index contributed by atoms with van der Waals surface area (Å²) in [5, 5.41) is 3.89. The number of amides is 1. The van der Waals surface area contributed by atoms with Crippen molar-refractivity contribution in [2.45, 2.75) is 13.8 Å². The second-order valence-electron chi connectivity index (χ2n) is 6.72. The Kier molecular flexibility index (Phi) is 6.21. The van der Waals surface area contributed by atoms with Crippen LogP contribution in [0.2, 0.25) is 5.02 Å². The molecule has 0 unspecified atom stereocenters. The number of anilines is 1. The Hall–Kier alpha value is -2.57. The zero-order chi connectivity index (χ0) is 20.3. The van der Waals surface area contributed by atoms with Crippen molar-refractivity contribution < 1.29 is 14.3 Å². The third-order valence-corrected chi connectivity index (χ3v) is 4.57. The number of benzene rings is 2. The van der Waals surface area contributed by atoms with E-state index in [4.69, 9.17) is 33.3 Å². The third-order valence-electron chi connectivity index (χ3n) is 4.03. The molecular formula is C21H21ClN2O3S. The molecule has 2 aromatic carbocycles. The summed E-state index contributed by atoms with van der Waals surface area (Å²) in [6.07, 6.45) is 1.74. The summed E-state index contributed by atoms with van der Waals surface area (Å²) in [7, 11) is 1.60. The molecule has 0 saturated carbocycles. The summed E-state index contributed by atoms with van der Waals surface area (Å²) in [6, 6.07) is 12.5. The highest BCUT2D eigenvalue weighted by Gasteiger charge is 2.31. The van der Waals surface area contributed by atoms with Crippen molar-refractivity contribution in [1.29, 1.82) is 0 Å². The maximum atomic E-state index is 12.8. The summed E-state index contributed by atoms with van der Waals surface area (Å²) in [5.41, 5.74) is 1.85. The number of hydrogen-bond acceptors (Lipinski definition) is 4. The van der Waals surface area contributed by atoms with Crippen molar-refractivity contribution in [3.63, 3.8) is 0 Å². The molecule has 0 aliphatic carbocycles. The average molecular weight is 417 g/mol. The molecule has 1 fully saturated rings. The SMILES string of the molecule is COc1ccc(/C=C2\NC(=S)N(c3ccc(Cl)cc3)C2=O)cc1OCC(C)C. The number of halogens is 1. The molecular weight excluding hydrogens is 396 g/mol. The number of carbonyl (C=O) groups excluding carboxylic acids is 1. The quantitative estimate of drug-likeness (QED) is 0.549. The summed E-state index contributed by atoms with van der Waals surface area (Å²) >= 11 is 11.3. The number of nitrogens with one attached hydrogen (secondary N) is 1. The summed E-state index contributed by atoms with van der Waals surface area (Å²) in [6.45, 7) is 4.72. The number of hydrogen-bond donors (Lipinski definition) is 1. The molecule has 0 aromatic heterocycles. The van der Waals surface area contributed by atoms with Gasteiger partial charge in [0.2, 0.25) is 0 Å². The van der Waals surface area contributed by atoms with E-state index in [0.717, 1.165) is 5.56 Å². The normalized spacial score (nSPS) is 15.3. The van der Waals surface area contributed by atoms with Gasteiger partial charge in [0, 0.05) is 5.02 Å². The number of ether oxygens (including phenoxy) is 2. The van der Waals surface area contributed by atoms with Gasteiger partial charge >= 0.3 is 0 Å². The molecule has 1 amide bonds. The van der Waals surface area contributed by atoms with Crippen molar-refractivity contribution in [2.75, 3.05) is 18.6 Å². The molecule has 0 spiro atoms. The fourth-order valence-electron chi connectivity index (χ4n) is 2.68. The van der Waals surface area contributed by atoms with Crippen LogP contribution in [0.25, 0.3) is 6.08 Å². The van der Waals surface area contributed by atoms with Gasteiger partial charge in [0.15, 0.2) is 16.6 Å². The molecule has 0 bridgehead atoms. The molecule has 3 rings (SSSR count). The minimum atomic E-state index is -0.229. The van der Waals surface area contributed by atoms with E-state index in [1.54, 1.807) is 37.5 Å². The summed E-state index contributed by atoms with van der Waals surface area (Å²) < 4.78 is 11.2. The lowest BCUT2D eigenvalue weighted by molar-refractivity contribution is -0.113. The summed E-state index contributed by atoms with van der Waals surface area (Å²) in [5.74, 6) is 1.43. The molecule has 1 heterocycles. The molecule has 1 N–H and O–H groups in total. The number of rotatable bonds is 6. The highest BCUT2D eigenvalue weighted by molar-refractivity contribution is 7.80. The largest absolute Gasteiger partial charge is 0.493 e. The predicted molar refractivity (Wildman–Crippen MR) is 116 cm³/mol. The van der Waals surface area contributed by atoms with Crippen LogP contribution in [0.1, 0.15) is 19.4 Å². The van der Waals surface area contributed by atoms with Gasteiger partial charge in [-0.05, 0) is 66.2 Å². The van der Waals surface area contributed by atoms with Gasteiger partial charge in [0.1, 0.15) is 5.70 Å². The van der Waals surface area contributed by atoms with Crippen molar-refractivity contribution >= 4 is 46.6 Å². The maximum absolute atomic E-state index is 12.8. The van der Waals surface area contributed by atoms with Gasteiger partial charge in [-0.15, -0.1) is 0 Å². The van der Waals surface area contributed by atoms with Gasteiger partial charge in [-0.1, -0.05) is 31.5 Å². The number of methoxy groups -OCH3 is 1. The Balaban J connectivity index is 1.87. The molecule has 0 radical (unpaired) electrons. The van der Waals surface area contributed by atoms with Gasteiger partial charge in [0.25, 0.3) is 5.91 Å². The lowest BCUT2D eigenvalue weighted by Gasteiger charge is -2.14. The van der Waals surface area contributed by atoms with Crippen LogP contribution < -0.4 is 19.7 Å². The Morgan fingerprint density at radius 1 is 1.18 bits per heavy atom. The van der Waals surface area contributed by atoms with Gasteiger partial charge in [0.05, 0.1) is 19.4 Å². The van der Waals surface area contributed by atoms with E-state index < -0.39 is 0 Å². The zero-order valence-electron chi connectivity index (χ0n) is 15.9. The van der Waals surface area contributed by atoms with Crippen molar-refractivity contribution in [2.24, 2.45) is 5.92 Å². The van der Waals surface area contributed by atoms with Crippen LogP contribution in [0.3, 0.4) is 0 Å². The lowest BCUT2D eigenvalue weighted by atomic mass is 10.1. The highest BCUT2D eigenvalue weighted by atomic mass is 35.5. The second kappa shape index (κ2) is 8.63. The number of carbonyl (C=O) groups is 1. The van der Waals surface area contributed by atoms with E-state index in [2.05, 4.69) is 19.2 Å². The molecule has 1 aliphatic heterocycles. The van der Waals surface area contributed by atoms with Crippen LogP contribution in [0.5, 0.6) is 11.5 Å². The van der Waals surface area contributed by atoms with Crippen LogP contribution in [0, 0.1) is 5.92 Å². The predicted octanol–water partition coefficient (Wildman–Crippen LogP) is 4.65. The van der Waals surface area contributed by atoms with Gasteiger partial charge in [-0.2, -0.15) is 0 Å². The molecule has 2 aromatic rings. The zero-order valence-corrected chi connectivity index (χ0v) is 17.4. The maximum Gasteiger partial charge on any atom is 0.281 e. The average Bonchev–Trinajstić information content (AvgIpc) is 2.94. The van der Waals surface area contributed by atoms with E-state index in [9.17, 15) is 4.79 Å². The van der Waals surface area contributed by atoms with E-state index >= 15 is 0 Å². The molecule has 0 atom stereocenters. The fraction of sp³-hybridized carbons (Fsp3) is 0.238. The van der Waals surface area contributed by atoms with Crippen LogP contribution in [-0.4, -0.2) is 24.7 Å². The Morgan fingerprint density at radius 2 is 1.89 bits per heavy atom. The van der Waals surface area contributed by atoms with Crippen molar-refractivity contribution in [3.8, 4) is 11.5 Å². The van der Waals surface area contributed by atoms with Gasteiger partial charge in [-0.25, -0.2) is 0 Å². The van der Waals surface area contributed by atoms with E-state index in [0.29, 0.717) is 45.5 Å². The summed E-state index contributed by atoms with van der Waals surface area (Å²) in [4.78, 5) is 14.3. The van der Waals surface area contributed by atoms with E-state index in [1.807, 2.05) is 18.2 Å². The molecule has 1 saturated heterocycles. The van der Waals surface area contributed by atoms with Crippen LogP contribution in [0.4, 0.5) is 5.69 Å². The van der Waals surface area contributed by atoms with E-state index in [-0.39, 0.29) is 5.91 Å². The Bertz CT molecular complexity index is 926. The second-order valence-corrected chi connectivity index (χ2v) is 7.54. The molecule has 146 valence electrons. The third kappa shape index (κ3) is 4.46. The highest BCUT2D eigenvalue weighted by Crippen LogP contribution is 2.30. The fourth-order valence-corrected chi connectivity index (χ4v) is 3.10. The molecule has 5 nitrogen and oxygen atoms in total. The first-order valence-corrected chi connectivity index (χ1v) is 9.61. The van der Waals surface area contributed by atoms with Gasteiger partial charge < -0.3 is 14.8 Å². The van der Waals surface area contributed by atoms with Crippen LogP contribution >= 0.6 is 23.8 Å². The molecule has 1 aliphatic rings. The van der Waals surface area contributed by atoms with Crippen LogP contribution in [0.15, 0.2) is 48.2 Å². The Morgan fingerprint density at radius 3 is 2.54 bits per heavy atom. The Labute approximate surface area is 174 Å². The molecule has 28 heavy (non-hydrogen) atoms. The smallest absolute Gasteiger partial charge is 0.281 e. The first kappa shape index (κ1) is 20.2. The lowest BCUT2D eigenvalue weighted by Crippen LogP contribution is -2.30. The van der Waals surface area contributed by atoms with Crippen LogP contribution in [-0.2, 0) is 4.79 Å². The standard InChI is InChI=1S/C21H21ClN2O3S/c1-13(2)12-27-19-11-14(4-9-18(19)26-3)10-17-20(25)24(21(28)23-17)16-7-5-15(22)6-8-16/h4-11,13H,12H2,1-3H3,(H,23,28)/b17-10-. The van der Waals surface area contributed by atoms with Gasteiger partial charge in [-0.3, -0.25) is 9.69 Å². The van der Waals surface area contributed by atoms with Crippen molar-refractivity contribution in [3.05, 3.63) is 58.7 Å². The van der Waals surface area contributed by atoms with Crippen molar-refractivity contribution in [1.82, 2.24) is 5.32 Å². The van der Waals surface area contributed by atoms with E-state index in [1.165, 1.54) is 4.90 Å². The first-order valence-electron chi connectivity index (χ1n) is 8.82. The number of nitrogens with zero attached hydrogens (tertiary/aromatic N) is 1. The first-order chi connectivity index (χ1) is 13.4. The minimum absolute atomic E-state index is 0.229. The number of thiocarbonyl (C=S) groups is 1. The minimum Gasteiger partial charge on any atom is -0.493 e.